The van der Waals surface area contributed by atoms with Crippen molar-refractivity contribution in [2.45, 2.75) is 9.79 Å². The SMILES string of the molecule is O=C(NS(=O)(=O)c1cnc(NCCSc2ccccc2)nc1)c1ccc(-c2ccc(F)cc2)cc1. The molecule has 0 bridgehead atoms. The van der Waals surface area contributed by atoms with Crippen LogP contribution in [0.5, 0.6) is 0 Å². The van der Waals surface area contributed by atoms with E-state index in [1.54, 1.807) is 36.0 Å². The zero-order valence-electron chi connectivity index (χ0n) is 18.4. The Morgan fingerprint density at radius 1 is 0.857 bits per heavy atom. The summed E-state index contributed by atoms with van der Waals surface area (Å²) in [6.07, 6.45) is 2.29. The molecule has 0 unspecified atom stereocenters. The highest BCUT2D eigenvalue weighted by Gasteiger charge is 2.20. The van der Waals surface area contributed by atoms with Gasteiger partial charge in [0.1, 0.15) is 10.7 Å². The van der Waals surface area contributed by atoms with Gasteiger partial charge < -0.3 is 5.32 Å². The Balaban J connectivity index is 1.32. The van der Waals surface area contributed by atoms with Gasteiger partial charge in [-0.2, -0.15) is 0 Å². The first-order valence-electron chi connectivity index (χ1n) is 10.6. The van der Waals surface area contributed by atoms with Crippen molar-refractivity contribution in [1.82, 2.24) is 14.7 Å². The largest absolute Gasteiger partial charge is 0.353 e. The van der Waals surface area contributed by atoms with Gasteiger partial charge in [0, 0.05) is 22.8 Å². The molecule has 0 aliphatic rings. The molecule has 2 N–H and O–H groups in total. The summed E-state index contributed by atoms with van der Waals surface area (Å²) in [6.45, 7) is 0.594. The summed E-state index contributed by atoms with van der Waals surface area (Å²) >= 11 is 1.68. The third-order valence-corrected chi connectivity index (χ3v) is 7.19. The van der Waals surface area contributed by atoms with E-state index >= 15 is 0 Å². The van der Waals surface area contributed by atoms with Crippen molar-refractivity contribution >= 4 is 33.6 Å². The number of sulfonamides is 1. The van der Waals surface area contributed by atoms with Crippen molar-refractivity contribution < 1.29 is 17.6 Å². The number of hydrogen-bond acceptors (Lipinski definition) is 7. The lowest BCUT2D eigenvalue weighted by molar-refractivity contribution is 0.0981. The second-order valence-corrected chi connectivity index (χ2v) is 10.2. The Labute approximate surface area is 206 Å². The third-order valence-electron chi connectivity index (χ3n) is 4.89. The number of benzene rings is 3. The number of carbonyl (C=O) groups is 1. The van der Waals surface area contributed by atoms with Gasteiger partial charge in [0.2, 0.25) is 5.95 Å². The van der Waals surface area contributed by atoms with Gasteiger partial charge >= 0.3 is 0 Å². The predicted octanol–water partition coefficient (Wildman–Crippen LogP) is 4.61. The number of nitrogens with zero attached hydrogens (tertiary/aromatic N) is 2. The molecule has 35 heavy (non-hydrogen) atoms. The van der Waals surface area contributed by atoms with E-state index in [2.05, 4.69) is 15.3 Å². The van der Waals surface area contributed by atoms with E-state index in [-0.39, 0.29) is 16.3 Å². The maximum atomic E-state index is 13.1. The summed E-state index contributed by atoms with van der Waals surface area (Å²) in [5.74, 6) is -0.0513. The van der Waals surface area contributed by atoms with Gasteiger partial charge in [0.25, 0.3) is 15.9 Å². The molecular weight excluding hydrogens is 487 g/mol. The molecule has 4 aromatic rings. The van der Waals surface area contributed by atoms with Gasteiger partial charge in [0.15, 0.2) is 0 Å². The number of hydrogen-bond donors (Lipinski definition) is 2. The molecule has 1 heterocycles. The smallest absolute Gasteiger partial charge is 0.267 e. The molecular formula is C25H21FN4O3S2. The van der Waals surface area contributed by atoms with Crippen LogP contribution in [0.15, 0.2) is 101 Å². The fourth-order valence-corrected chi connectivity index (χ4v) is 4.74. The summed E-state index contributed by atoms with van der Waals surface area (Å²) in [4.78, 5) is 21.5. The monoisotopic (exact) mass is 508 g/mol. The fourth-order valence-electron chi connectivity index (χ4n) is 3.09. The Kier molecular flexibility index (Phi) is 7.74. The standard InChI is InChI=1S/C25H21FN4O3S2/c26-21-12-10-19(11-13-21)18-6-8-20(9-7-18)24(31)30-35(32,33)23-16-28-25(29-17-23)27-14-15-34-22-4-2-1-3-5-22/h1-13,16-17H,14-15H2,(H,30,31)(H,27,28,29). The van der Waals surface area contributed by atoms with Crippen molar-refractivity contribution in [3.8, 4) is 11.1 Å². The first-order chi connectivity index (χ1) is 16.9. The molecule has 3 aromatic carbocycles. The lowest BCUT2D eigenvalue weighted by atomic mass is 10.0. The molecule has 178 valence electrons. The summed E-state index contributed by atoms with van der Waals surface area (Å²) in [5.41, 5.74) is 1.70. The van der Waals surface area contributed by atoms with Crippen molar-refractivity contribution in [3.63, 3.8) is 0 Å². The van der Waals surface area contributed by atoms with E-state index < -0.39 is 15.9 Å². The fraction of sp³-hybridized carbons (Fsp3) is 0.0800. The van der Waals surface area contributed by atoms with E-state index in [0.29, 0.717) is 12.5 Å². The third kappa shape index (κ3) is 6.65. The van der Waals surface area contributed by atoms with Crippen LogP contribution in [0, 0.1) is 5.82 Å². The quantitative estimate of drug-likeness (QED) is 0.252. The minimum Gasteiger partial charge on any atom is -0.353 e. The topological polar surface area (TPSA) is 101 Å². The highest BCUT2D eigenvalue weighted by atomic mass is 32.2. The molecule has 0 aliphatic heterocycles. The average molecular weight is 509 g/mol. The van der Waals surface area contributed by atoms with Crippen LogP contribution in [-0.4, -0.2) is 36.6 Å². The zero-order chi connectivity index (χ0) is 24.7. The number of thioether (sulfide) groups is 1. The van der Waals surface area contributed by atoms with Crippen molar-refractivity contribution in [1.29, 1.82) is 0 Å². The van der Waals surface area contributed by atoms with Gasteiger partial charge in [-0.3, -0.25) is 4.79 Å². The van der Waals surface area contributed by atoms with Gasteiger partial charge in [-0.25, -0.2) is 27.5 Å². The van der Waals surface area contributed by atoms with Crippen LogP contribution in [-0.2, 0) is 10.0 Å². The Hall–Kier alpha value is -3.76. The number of anilines is 1. The lowest BCUT2D eigenvalue weighted by Gasteiger charge is -2.09. The molecule has 1 amide bonds. The van der Waals surface area contributed by atoms with Crippen LogP contribution in [0.4, 0.5) is 10.3 Å². The van der Waals surface area contributed by atoms with Gasteiger partial charge in [-0.15, -0.1) is 11.8 Å². The summed E-state index contributed by atoms with van der Waals surface area (Å²) < 4.78 is 40.3. The lowest BCUT2D eigenvalue weighted by Crippen LogP contribution is -2.30. The van der Waals surface area contributed by atoms with Gasteiger partial charge in [0.05, 0.1) is 12.4 Å². The van der Waals surface area contributed by atoms with E-state index in [1.807, 2.05) is 35.1 Å². The van der Waals surface area contributed by atoms with Crippen molar-refractivity contribution in [3.05, 3.63) is 103 Å². The first kappa shape index (κ1) is 24.4. The molecule has 0 radical (unpaired) electrons. The Bertz CT molecular complexity index is 1380. The Morgan fingerprint density at radius 3 is 2.09 bits per heavy atom. The first-order valence-corrected chi connectivity index (χ1v) is 13.0. The molecule has 4 rings (SSSR count). The Morgan fingerprint density at radius 2 is 1.46 bits per heavy atom. The van der Waals surface area contributed by atoms with Crippen LogP contribution in [0.2, 0.25) is 0 Å². The number of nitrogens with one attached hydrogen (secondary N) is 2. The average Bonchev–Trinajstić information content (AvgIpc) is 2.88. The maximum absolute atomic E-state index is 13.1. The number of carbonyl (C=O) groups excluding carboxylic acids is 1. The molecule has 1 aromatic heterocycles. The molecule has 0 atom stereocenters. The second kappa shape index (κ2) is 11.1. The summed E-state index contributed by atoms with van der Waals surface area (Å²) in [7, 11) is -4.15. The van der Waals surface area contributed by atoms with E-state index in [4.69, 9.17) is 0 Å². The number of halogens is 1. The summed E-state index contributed by atoms with van der Waals surface area (Å²) in [5, 5.41) is 3.04. The second-order valence-electron chi connectivity index (χ2n) is 7.35. The molecule has 0 fully saturated rings. The molecule has 0 spiro atoms. The van der Waals surface area contributed by atoms with Crippen LogP contribution in [0.1, 0.15) is 10.4 Å². The highest BCUT2D eigenvalue weighted by Crippen LogP contribution is 2.20. The minimum atomic E-state index is -4.15. The van der Waals surface area contributed by atoms with E-state index in [0.717, 1.165) is 34.2 Å². The predicted molar refractivity (Wildman–Crippen MR) is 134 cm³/mol. The molecule has 7 nitrogen and oxygen atoms in total. The molecule has 10 heteroatoms. The summed E-state index contributed by atoms with van der Waals surface area (Å²) in [6, 6.07) is 22.2. The number of rotatable bonds is 9. The van der Waals surface area contributed by atoms with Crippen LogP contribution in [0.25, 0.3) is 11.1 Å². The van der Waals surface area contributed by atoms with Crippen LogP contribution in [0.3, 0.4) is 0 Å². The van der Waals surface area contributed by atoms with Gasteiger partial charge in [-0.05, 0) is 47.5 Å². The minimum absolute atomic E-state index is 0.162. The highest BCUT2D eigenvalue weighted by molar-refractivity contribution is 7.99. The zero-order valence-corrected chi connectivity index (χ0v) is 20.0. The molecule has 0 aliphatic carbocycles. The number of aromatic nitrogens is 2. The molecule has 0 saturated heterocycles. The van der Waals surface area contributed by atoms with E-state index in [9.17, 15) is 17.6 Å². The van der Waals surface area contributed by atoms with Crippen molar-refractivity contribution in [2.75, 3.05) is 17.6 Å². The normalized spacial score (nSPS) is 11.1. The van der Waals surface area contributed by atoms with Crippen LogP contribution < -0.4 is 10.0 Å². The van der Waals surface area contributed by atoms with E-state index in [1.165, 1.54) is 24.3 Å². The number of amides is 1. The molecule has 0 saturated carbocycles. The van der Waals surface area contributed by atoms with Crippen LogP contribution >= 0.6 is 11.8 Å². The van der Waals surface area contributed by atoms with Gasteiger partial charge in [-0.1, -0.05) is 42.5 Å². The van der Waals surface area contributed by atoms with Crippen molar-refractivity contribution in [2.24, 2.45) is 0 Å². The maximum Gasteiger partial charge on any atom is 0.267 e.